The van der Waals surface area contributed by atoms with Crippen LogP contribution in [0.25, 0.3) is 0 Å². The predicted molar refractivity (Wildman–Crippen MR) is 74.5 cm³/mol. The van der Waals surface area contributed by atoms with Gasteiger partial charge in [0, 0.05) is 12.3 Å². The summed E-state index contributed by atoms with van der Waals surface area (Å²) in [5.41, 5.74) is -2.50. The van der Waals surface area contributed by atoms with E-state index in [2.05, 4.69) is 4.98 Å². The van der Waals surface area contributed by atoms with Gasteiger partial charge in [0.2, 0.25) is 11.5 Å². The highest BCUT2D eigenvalue weighted by Crippen LogP contribution is 2.42. The predicted octanol–water partition coefficient (Wildman–Crippen LogP) is 3.74. The van der Waals surface area contributed by atoms with Crippen LogP contribution in [0.3, 0.4) is 0 Å². The third-order valence-electron chi connectivity index (χ3n) is 3.25. The van der Waals surface area contributed by atoms with Gasteiger partial charge in [0.05, 0.1) is 5.56 Å². The zero-order valence-electron chi connectivity index (χ0n) is 12.3. The van der Waals surface area contributed by atoms with E-state index >= 15 is 0 Å². The second-order valence-electron chi connectivity index (χ2n) is 4.95. The normalized spacial score (nSPS) is 13.9. The Kier molecular flexibility index (Phi) is 4.74. The number of hydroxylamine groups is 1. The summed E-state index contributed by atoms with van der Waals surface area (Å²) >= 11 is 0. The van der Waals surface area contributed by atoms with Crippen molar-refractivity contribution in [3.05, 3.63) is 53.7 Å². The molecule has 9 heteroatoms. The maximum Gasteiger partial charge on any atom is 0.426 e. The Morgan fingerprint density at radius 2 is 1.75 bits per heavy atom. The largest absolute Gasteiger partial charge is 0.439 e. The molecule has 1 atom stereocenters. The molecule has 1 aromatic carbocycles. The third kappa shape index (κ3) is 3.62. The number of hydrogen-bond donors (Lipinski definition) is 2. The minimum absolute atomic E-state index is 0.0658. The number of carbonyl (C=O) groups is 1. The quantitative estimate of drug-likeness (QED) is 0.504. The molecule has 5 nitrogen and oxygen atoms in total. The third-order valence-corrected chi connectivity index (χ3v) is 3.25. The summed E-state index contributed by atoms with van der Waals surface area (Å²) in [5, 5.41) is 8.47. The zero-order valence-corrected chi connectivity index (χ0v) is 12.3. The molecular weight excluding hydrogens is 332 g/mol. The van der Waals surface area contributed by atoms with Crippen molar-refractivity contribution in [2.24, 2.45) is 0 Å². The first kappa shape index (κ1) is 17.7. The average Bonchev–Trinajstić information content (AvgIpc) is 2.54. The molecule has 2 rings (SSSR count). The number of rotatable bonds is 4. The number of nitrogens with one attached hydrogen (secondary N) is 1. The van der Waals surface area contributed by atoms with E-state index < -0.39 is 23.3 Å². The van der Waals surface area contributed by atoms with Gasteiger partial charge in [-0.3, -0.25) is 10.0 Å². The number of halogens is 4. The van der Waals surface area contributed by atoms with E-state index in [-0.39, 0.29) is 17.2 Å². The summed E-state index contributed by atoms with van der Waals surface area (Å²) in [5.74, 6) is -0.549. The molecule has 0 aliphatic carbocycles. The molecule has 1 amide bonds. The van der Waals surface area contributed by atoms with Gasteiger partial charge in [-0.1, -0.05) is 12.1 Å². The molecule has 2 aromatic rings. The van der Waals surface area contributed by atoms with Gasteiger partial charge >= 0.3 is 6.18 Å². The molecule has 0 aliphatic heterocycles. The lowest BCUT2D eigenvalue weighted by Gasteiger charge is -2.24. The SMILES string of the molecule is CC(F)(c1ccc(Oc2ccc(C(=O)NO)cn2)cc1)C(F)(F)F. The molecule has 1 aromatic heterocycles. The lowest BCUT2D eigenvalue weighted by molar-refractivity contribution is -0.228. The highest BCUT2D eigenvalue weighted by molar-refractivity contribution is 5.92. The zero-order chi connectivity index (χ0) is 18.0. The van der Waals surface area contributed by atoms with Crippen molar-refractivity contribution in [1.29, 1.82) is 0 Å². The number of amides is 1. The fourth-order valence-corrected chi connectivity index (χ4v) is 1.76. The van der Waals surface area contributed by atoms with Crippen LogP contribution < -0.4 is 10.2 Å². The molecule has 128 valence electrons. The maximum atomic E-state index is 13.8. The van der Waals surface area contributed by atoms with Crippen molar-refractivity contribution in [1.82, 2.24) is 10.5 Å². The molecule has 1 heterocycles. The van der Waals surface area contributed by atoms with Gasteiger partial charge in [-0.05, 0) is 30.7 Å². The van der Waals surface area contributed by atoms with Gasteiger partial charge in [-0.15, -0.1) is 0 Å². The summed E-state index contributed by atoms with van der Waals surface area (Å²) in [6, 6.07) is 6.94. The Hall–Kier alpha value is -2.68. The number of pyridine rings is 1. The lowest BCUT2D eigenvalue weighted by atomic mass is 9.97. The maximum absolute atomic E-state index is 13.8. The van der Waals surface area contributed by atoms with Crippen LogP contribution in [0, 0.1) is 0 Å². The number of ether oxygens (including phenoxy) is 1. The minimum atomic E-state index is -5.03. The van der Waals surface area contributed by atoms with E-state index in [1.54, 1.807) is 0 Å². The van der Waals surface area contributed by atoms with E-state index in [4.69, 9.17) is 9.94 Å². The molecule has 24 heavy (non-hydrogen) atoms. The number of carbonyl (C=O) groups excluding carboxylic acids is 1. The van der Waals surface area contributed by atoms with Gasteiger partial charge in [0.1, 0.15) is 5.75 Å². The lowest BCUT2D eigenvalue weighted by Crippen LogP contribution is -2.34. The fraction of sp³-hybridized carbons (Fsp3) is 0.200. The summed E-state index contributed by atoms with van der Waals surface area (Å²) in [6.07, 6.45) is -3.89. The first-order valence-electron chi connectivity index (χ1n) is 6.59. The molecule has 0 aliphatic rings. The van der Waals surface area contributed by atoms with E-state index in [1.165, 1.54) is 29.7 Å². The second kappa shape index (κ2) is 6.44. The monoisotopic (exact) mass is 344 g/mol. The second-order valence-corrected chi connectivity index (χ2v) is 4.95. The van der Waals surface area contributed by atoms with E-state index in [0.717, 1.165) is 18.3 Å². The summed E-state index contributed by atoms with van der Waals surface area (Å²) in [7, 11) is 0. The van der Waals surface area contributed by atoms with Gasteiger partial charge in [-0.25, -0.2) is 14.9 Å². The van der Waals surface area contributed by atoms with E-state index in [9.17, 15) is 22.4 Å². The number of aromatic nitrogens is 1. The van der Waals surface area contributed by atoms with Crippen molar-refractivity contribution in [2.75, 3.05) is 0 Å². The van der Waals surface area contributed by atoms with Gasteiger partial charge in [0.25, 0.3) is 5.91 Å². The van der Waals surface area contributed by atoms with Crippen molar-refractivity contribution in [3.63, 3.8) is 0 Å². The van der Waals surface area contributed by atoms with Crippen LogP contribution in [0.4, 0.5) is 17.6 Å². The van der Waals surface area contributed by atoms with Crippen LogP contribution in [0.1, 0.15) is 22.8 Å². The van der Waals surface area contributed by atoms with Crippen molar-refractivity contribution in [2.45, 2.75) is 18.8 Å². The topological polar surface area (TPSA) is 71.5 Å². The number of hydrogen-bond acceptors (Lipinski definition) is 4. The Bertz CT molecular complexity index is 713. The van der Waals surface area contributed by atoms with Gasteiger partial charge < -0.3 is 4.74 Å². The highest BCUT2D eigenvalue weighted by atomic mass is 19.4. The molecule has 2 N–H and O–H groups in total. The first-order valence-corrected chi connectivity index (χ1v) is 6.59. The standard InChI is InChI=1S/C15H12F4N2O3/c1-14(16,15(17,18)19)10-3-5-11(6-4-10)24-12-7-2-9(8-20-12)13(22)21-23/h2-8,23H,1H3,(H,21,22). The Morgan fingerprint density at radius 3 is 2.21 bits per heavy atom. The van der Waals surface area contributed by atoms with Gasteiger partial charge in [-0.2, -0.15) is 13.2 Å². The number of nitrogens with zero attached hydrogens (tertiary/aromatic N) is 1. The molecular formula is C15H12F4N2O3. The average molecular weight is 344 g/mol. The molecule has 0 saturated heterocycles. The van der Waals surface area contributed by atoms with Crippen LogP contribution in [-0.4, -0.2) is 22.3 Å². The molecule has 0 saturated carbocycles. The van der Waals surface area contributed by atoms with Crippen molar-refractivity contribution >= 4 is 5.91 Å². The molecule has 0 spiro atoms. The molecule has 0 radical (unpaired) electrons. The van der Waals surface area contributed by atoms with Gasteiger partial charge in [0.15, 0.2) is 0 Å². The summed E-state index contributed by atoms with van der Waals surface area (Å²) in [6.45, 7) is 0.440. The number of alkyl halides is 4. The first-order chi connectivity index (χ1) is 11.1. The van der Waals surface area contributed by atoms with Crippen LogP contribution in [-0.2, 0) is 5.67 Å². The van der Waals surface area contributed by atoms with E-state index in [1.807, 2.05) is 0 Å². The minimum Gasteiger partial charge on any atom is -0.439 e. The number of benzene rings is 1. The Morgan fingerprint density at radius 1 is 1.12 bits per heavy atom. The smallest absolute Gasteiger partial charge is 0.426 e. The molecule has 1 unspecified atom stereocenters. The van der Waals surface area contributed by atoms with Crippen LogP contribution in [0.5, 0.6) is 11.6 Å². The van der Waals surface area contributed by atoms with Crippen LogP contribution >= 0.6 is 0 Å². The molecule has 0 fully saturated rings. The Balaban J connectivity index is 2.13. The van der Waals surface area contributed by atoms with Crippen molar-refractivity contribution < 1.29 is 32.3 Å². The Labute approximate surface area is 133 Å². The van der Waals surface area contributed by atoms with Crippen LogP contribution in [0.15, 0.2) is 42.6 Å². The highest BCUT2D eigenvalue weighted by Gasteiger charge is 2.53. The van der Waals surface area contributed by atoms with Crippen LogP contribution in [0.2, 0.25) is 0 Å². The van der Waals surface area contributed by atoms with E-state index in [0.29, 0.717) is 6.92 Å². The fourth-order valence-electron chi connectivity index (χ4n) is 1.76. The summed E-state index contributed by atoms with van der Waals surface area (Å²) in [4.78, 5) is 14.9. The summed E-state index contributed by atoms with van der Waals surface area (Å²) < 4.78 is 57.0. The van der Waals surface area contributed by atoms with Crippen molar-refractivity contribution in [3.8, 4) is 11.6 Å². The molecule has 0 bridgehead atoms.